The second kappa shape index (κ2) is 10.6. The SMILES string of the molecule is c1ccc(N(c2ccc(-c3cc4ccccc4c4ccc5ccccc5c34)cc2)c2ccc3c(ccc4oc5ccccc5c43)c2)cc1. The zero-order valence-corrected chi connectivity index (χ0v) is 26.1. The van der Waals surface area contributed by atoms with Gasteiger partial charge < -0.3 is 9.32 Å². The van der Waals surface area contributed by atoms with Crippen LogP contribution in [0, 0.1) is 0 Å². The number of hydrogen-bond acceptors (Lipinski definition) is 2. The van der Waals surface area contributed by atoms with Gasteiger partial charge in [-0.3, -0.25) is 0 Å². The van der Waals surface area contributed by atoms with E-state index in [9.17, 15) is 0 Å². The van der Waals surface area contributed by atoms with E-state index in [1.807, 2.05) is 12.1 Å². The zero-order valence-electron chi connectivity index (χ0n) is 26.1. The fraction of sp³-hybridized carbons (Fsp3) is 0. The van der Waals surface area contributed by atoms with Gasteiger partial charge in [0.25, 0.3) is 0 Å². The lowest BCUT2D eigenvalue weighted by molar-refractivity contribution is 0.669. The third-order valence-corrected chi connectivity index (χ3v) is 9.80. The van der Waals surface area contributed by atoms with Gasteiger partial charge in [-0.1, -0.05) is 121 Å². The lowest BCUT2D eigenvalue weighted by Crippen LogP contribution is -2.09. The number of hydrogen-bond donors (Lipinski definition) is 0. The monoisotopic (exact) mass is 611 g/mol. The Balaban J connectivity index is 1.14. The van der Waals surface area contributed by atoms with Gasteiger partial charge in [0.2, 0.25) is 0 Å². The number of fused-ring (bicyclic) bond motifs is 10. The minimum absolute atomic E-state index is 0.918. The van der Waals surface area contributed by atoms with Gasteiger partial charge >= 0.3 is 0 Å². The highest BCUT2D eigenvalue weighted by Crippen LogP contribution is 2.42. The maximum Gasteiger partial charge on any atom is 0.136 e. The number of nitrogens with zero attached hydrogens (tertiary/aromatic N) is 1. The van der Waals surface area contributed by atoms with E-state index < -0.39 is 0 Å². The Kier molecular flexibility index (Phi) is 5.91. The van der Waals surface area contributed by atoms with Crippen LogP contribution in [0.3, 0.4) is 0 Å². The van der Waals surface area contributed by atoms with Gasteiger partial charge in [-0.15, -0.1) is 0 Å². The normalized spacial score (nSPS) is 11.8. The standard InChI is InChI=1S/C46H29NO/c1-2-12-34(13-3-1)47(36-24-26-39-33(28-36)21-27-44-46(39)41-16-8-9-17-43(41)48-44)35-22-18-31(19-23-35)42-29-32-11-5-6-14-37(32)40-25-20-30-10-4-7-15-38(30)45(40)42/h1-29H. The van der Waals surface area contributed by atoms with Crippen LogP contribution in [0.1, 0.15) is 0 Å². The van der Waals surface area contributed by atoms with E-state index in [0.717, 1.165) is 33.6 Å². The molecule has 10 aromatic rings. The van der Waals surface area contributed by atoms with Crippen molar-refractivity contribution in [3.05, 3.63) is 176 Å². The molecule has 9 aromatic carbocycles. The molecule has 0 radical (unpaired) electrons. The number of benzene rings is 9. The Morgan fingerprint density at radius 1 is 0.333 bits per heavy atom. The largest absolute Gasteiger partial charge is 0.456 e. The van der Waals surface area contributed by atoms with Crippen LogP contribution in [0.4, 0.5) is 17.1 Å². The highest BCUT2D eigenvalue weighted by Gasteiger charge is 2.17. The molecule has 0 aliphatic heterocycles. The van der Waals surface area contributed by atoms with Crippen LogP contribution in [0.15, 0.2) is 180 Å². The molecule has 0 bridgehead atoms. The fourth-order valence-electron chi connectivity index (χ4n) is 7.60. The first-order valence-electron chi connectivity index (χ1n) is 16.4. The fourth-order valence-corrected chi connectivity index (χ4v) is 7.60. The first-order valence-corrected chi connectivity index (χ1v) is 16.4. The molecule has 0 aliphatic carbocycles. The quantitative estimate of drug-likeness (QED) is 0.184. The molecule has 0 unspecified atom stereocenters. The first kappa shape index (κ1) is 26.8. The van der Waals surface area contributed by atoms with Gasteiger partial charge in [-0.25, -0.2) is 0 Å². The summed E-state index contributed by atoms with van der Waals surface area (Å²) in [6, 6.07) is 63.4. The van der Waals surface area contributed by atoms with Crippen molar-refractivity contribution < 1.29 is 4.42 Å². The van der Waals surface area contributed by atoms with Crippen LogP contribution >= 0.6 is 0 Å². The molecular weight excluding hydrogens is 583 g/mol. The van der Waals surface area contributed by atoms with Crippen LogP contribution in [-0.4, -0.2) is 0 Å². The highest BCUT2D eigenvalue weighted by molar-refractivity contribution is 6.23. The predicted molar refractivity (Wildman–Crippen MR) is 204 cm³/mol. The highest BCUT2D eigenvalue weighted by atomic mass is 16.3. The molecule has 2 nitrogen and oxygen atoms in total. The van der Waals surface area contributed by atoms with Gasteiger partial charge in [0.1, 0.15) is 11.2 Å². The summed E-state index contributed by atoms with van der Waals surface area (Å²) >= 11 is 0. The van der Waals surface area contributed by atoms with E-state index in [0.29, 0.717) is 0 Å². The second-order valence-electron chi connectivity index (χ2n) is 12.5. The summed E-state index contributed by atoms with van der Waals surface area (Å²) in [5.74, 6) is 0. The predicted octanol–water partition coefficient (Wildman–Crippen LogP) is 13.3. The summed E-state index contributed by atoms with van der Waals surface area (Å²) < 4.78 is 6.19. The maximum absolute atomic E-state index is 6.19. The van der Waals surface area contributed by atoms with Crippen LogP contribution in [0.2, 0.25) is 0 Å². The van der Waals surface area contributed by atoms with Crippen molar-refractivity contribution in [3.8, 4) is 11.1 Å². The first-order chi connectivity index (χ1) is 23.8. The van der Waals surface area contributed by atoms with E-state index in [1.165, 1.54) is 59.6 Å². The van der Waals surface area contributed by atoms with Crippen LogP contribution in [-0.2, 0) is 0 Å². The molecule has 0 N–H and O–H groups in total. The maximum atomic E-state index is 6.19. The molecule has 0 saturated heterocycles. The molecule has 0 fully saturated rings. The average Bonchev–Trinajstić information content (AvgIpc) is 3.54. The average molecular weight is 612 g/mol. The van der Waals surface area contributed by atoms with Gasteiger partial charge in [0.15, 0.2) is 0 Å². The Hall–Kier alpha value is -6.38. The lowest BCUT2D eigenvalue weighted by Gasteiger charge is -2.26. The van der Waals surface area contributed by atoms with Crippen LogP contribution < -0.4 is 4.90 Å². The van der Waals surface area contributed by atoms with Crippen LogP contribution in [0.5, 0.6) is 0 Å². The van der Waals surface area contributed by atoms with E-state index in [2.05, 4.69) is 169 Å². The van der Waals surface area contributed by atoms with Crippen molar-refractivity contribution in [2.75, 3.05) is 4.90 Å². The van der Waals surface area contributed by atoms with Crippen molar-refractivity contribution >= 4 is 82.1 Å². The van der Waals surface area contributed by atoms with Gasteiger partial charge in [-0.05, 0) is 109 Å². The molecule has 0 amide bonds. The van der Waals surface area contributed by atoms with Crippen LogP contribution in [0.25, 0.3) is 76.2 Å². The minimum atomic E-state index is 0.918. The second-order valence-corrected chi connectivity index (χ2v) is 12.5. The third kappa shape index (κ3) is 4.13. The van der Waals surface area contributed by atoms with Crippen molar-refractivity contribution in [2.45, 2.75) is 0 Å². The summed E-state index contributed by atoms with van der Waals surface area (Å²) in [6.07, 6.45) is 0. The van der Waals surface area contributed by atoms with Gasteiger partial charge in [0, 0.05) is 27.8 Å². The van der Waals surface area contributed by atoms with Gasteiger partial charge in [0.05, 0.1) is 0 Å². The Morgan fingerprint density at radius 2 is 0.938 bits per heavy atom. The van der Waals surface area contributed by atoms with Crippen molar-refractivity contribution in [1.29, 1.82) is 0 Å². The molecule has 1 aromatic heterocycles. The summed E-state index contributed by atoms with van der Waals surface area (Å²) in [5.41, 5.74) is 7.61. The summed E-state index contributed by atoms with van der Waals surface area (Å²) in [5, 5.41) is 12.3. The number of rotatable bonds is 4. The Morgan fingerprint density at radius 3 is 1.79 bits per heavy atom. The molecule has 0 aliphatic rings. The summed E-state index contributed by atoms with van der Waals surface area (Å²) in [4.78, 5) is 2.34. The number of para-hydroxylation sites is 2. The van der Waals surface area contributed by atoms with E-state index in [1.54, 1.807) is 0 Å². The number of furan rings is 1. The molecule has 0 spiro atoms. The molecule has 10 rings (SSSR count). The third-order valence-electron chi connectivity index (χ3n) is 9.80. The molecule has 2 heteroatoms. The summed E-state index contributed by atoms with van der Waals surface area (Å²) in [7, 11) is 0. The lowest BCUT2D eigenvalue weighted by atomic mass is 9.90. The molecule has 0 saturated carbocycles. The van der Waals surface area contributed by atoms with Crippen molar-refractivity contribution in [3.63, 3.8) is 0 Å². The van der Waals surface area contributed by atoms with Crippen molar-refractivity contribution in [2.24, 2.45) is 0 Å². The molecule has 48 heavy (non-hydrogen) atoms. The molecule has 1 heterocycles. The molecular formula is C46H29NO. The molecule has 0 atom stereocenters. The van der Waals surface area contributed by atoms with E-state index in [4.69, 9.17) is 4.42 Å². The smallest absolute Gasteiger partial charge is 0.136 e. The van der Waals surface area contributed by atoms with Crippen molar-refractivity contribution in [1.82, 2.24) is 0 Å². The van der Waals surface area contributed by atoms with Gasteiger partial charge in [-0.2, -0.15) is 0 Å². The minimum Gasteiger partial charge on any atom is -0.456 e. The molecule has 224 valence electrons. The number of anilines is 3. The Bertz CT molecular complexity index is 2830. The van der Waals surface area contributed by atoms with E-state index in [-0.39, 0.29) is 0 Å². The zero-order chi connectivity index (χ0) is 31.6. The summed E-state index contributed by atoms with van der Waals surface area (Å²) in [6.45, 7) is 0. The van der Waals surface area contributed by atoms with E-state index >= 15 is 0 Å². The Labute approximate surface area is 277 Å². The topological polar surface area (TPSA) is 16.4 Å².